The van der Waals surface area contributed by atoms with Crippen molar-refractivity contribution in [3.05, 3.63) is 59.2 Å². The number of carbonyl (C=O) groups excluding carboxylic acids is 1. The quantitative estimate of drug-likeness (QED) is 0.861. The average Bonchev–Trinajstić information content (AvgIpc) is 3.42. The Hall–Kier alpha value is -2.83. The van der Waals surface area contributed by atoms with E-state index >= 15 is 0 Å². The van der Waals surface area contributed by atoms with Crippen LogP contribution in [0.15, 0.2) is 36.4 Å². The predicted molar refractivity (Wildman–Crippen MR) is 94.9 cm³/mol. The second-order valence-electron chi connectivity index (χ2n) is 6.71. The molecule has 0 radical (unpaired) electrons. The largest absolute Gasteiger partial charge is 0.490 e. The van der Waals surface area contributed by atoms with Gasteiger partial charge in [0.25, 0.3) is 0 Å². The average molecular weight is 374 g/mol. The van der Waals surface area contributed by atoms with Crippen LogP contribution in [0.5, 0.6) is 11.5 Å². The highest BCUT2D eigenvalue weighted by atomic mass is 19.1. The van der Waals surface area contributed by atoms with Crippen molar-refractivity contribution in [2.24, 2.45) is 0 Å². The third-order valence-corrected chi connectivity index (χ3v) is 4.77. The first kappa shape index (κ1) is 17.6. The minimum atomic E-state index is -0.575. The molecule has 0 unspecified atom stereocenters. The summed E-state index contributed by atoms with van der Waals surface area (Å²) in [5, 5.41) is 5.53. The summed E-state index contributed by atoms with van der Waals surface area (Å²) in [6, 6.07) is 8.69. The fourth-order valence-electron chi connectivity index (χ4n) is 3.33. The third kappa shape index (κ3) is 3.82. The Kier molecular flexibility index (Phi) is 4.83. The van der Waals surface area contributed by atoms with Gasteiger partial charge in [-0.25, -0.2) is 13.6 Å². The molecule has 1 aliphatic carbocycles. The number of urea groups is 1. The van der Waals surface area contributed by atoms with Crippen LogP contribution in [-0.2, 0) is 6.54 Å². The van der Waals surface area contributed by atoms with Crippen molar-refractivity contribution in [1.29, 1.82) is 0 Å². The van der Waals surface area contributed by atoms with Crippen LogP contribution in [0.25, 0.3) is 0 Å². The number of benzene rings is 2. The summed E-state index contributed by atoms with van der Waals surface area (Å²) in [6.07, 6.45) is 1.32. The maximum atomic E-state index is 13.8. The molecule has 0 aromatic heterocycles. The molecule has 2 amide bonds. The monoisotopic (exact) mass is 374 g/mol. The number of carbonyl (C=O) groups is 1. The lowest BCUT2D eigenvalue weighted by molar-refractivity contribution is 0.239. The second-order valence-corrected chi connectivity index (χ2v) is 6.71. The van der Waals surface area contributed by atoms with Crippen molar-refractivity contribution in [3.63, 3.8) is 0 Å². The summed E-state index contributed by atoms with van der Waals surface area (Å²) in [5.41, 5.74) is 0.860. The highest BCUT2D eigenvalue weighted by molar-refractivity contribution is 5.75. The molecule has 27 heavy (non-hydrogen) atoms. The van der Waals surface area contributed by atoms with E-state index in [0.717, 1.165) is 12.0 Å². The summed E-state index contributed by atoms with van der Waals surface area (Å²) in [5.74, 6) is -0.165. The smallest absolute Gasteiger partial charge is 0.315 e. The van der Waals surface area contributed by atoms with Crippen LogP contribution in [0.1, 0.15) is 29.9 Å². The van der Waals surface area contributed by atoms with E-state index in [-0.39, 0.29) is 30.1 Å². The maximum absolute atomic E-state index is 13.8. The molecule has 1 fully saturated rings. The number of para-hydroxylation sites is 1. The van der Waals surface area contributed by atoms with E-state index < -0.39 is 11.6 Å². The van der Waals surface area contributed by atoms with Crippen molar-refractivity contribution < 1.29 is 23.0 Å². The molecular formula is C20H20F2N2O3. The van der Waals surface area contributed by atoms with Crippen molar-refractivity contribution in [3.8, 4) is 11.5 Å². The third-order valence-electron chi connectivity index (χ3n) is 4.77. The van der Waals surface area contributed by atoms with Gasteiger partial charge in [0.1, 0.15) is 11.6 Å². The molecule has 1 heterocycles. The standard InChI is InChI=1S/C20H20F2N2O3/c21-14-5-2-6-15(22)18(14)13-10-16(13)24-20(25)23-11-12-4-1-7-17-19(12)27-9-3-8-26-17/h1-2,4-7,13,16H,3,8-11H2,(H2,23,24,25)/t13-,16-/m1/s1. The van der Waals surface area contributed by atoms with Crippen LogP contribution in [0.3, 0.4) is 0 Å². The molecule has 0 bridgehead atoms. The predicted octanol–water partition coefficient (Wildman–Crippen LogP) is 3.48. The van der Waals surface area contributed by atoms with Gasteiger partial charge >= 0.3 is 6.03 Å². The lowest BCUT2D eigenvalue weighted by atomic mass is 10.1. The molecule has 1 aliphatic heterocycles. The van der Waals surface area contributed by atoms with E-state index in [9.17, 15) is 13.6 Å². The molecule has 2 N–H and O–H groups in total. The van der Waals surface area contributed by atoms with Crippen molar-refractivity contribution >= 4 is 6.03 Å². The molecule has 2 atom stereocenters. The Labute approximate surface area is 155 Å². The number of fused-ring (bicyclic) bond motifs is 1. The van der Waals surface area contributed by atoms with E-state index in [1.165, 1.54) is 18.2 Å². The van der Waals surface area contributed by atoms with Gasteiger partial charge in [-0.2, -0.15) is 0 Å². The topological polar surface area (TPSA) is 59.6 Å². The Balaban J connectivity index is 1.34. The highest BCUT2D eigenvalue weighted by Gasteiger charge is 2.42. The summed E-state index contributed by atoms with van der Waals surface area (Å²) < 4.78 is 39.0. The number of halogens is 2. The Morgan fingerprint density at radius 1 is 1.07 bits per heavy atom. The zero-order valence-electron chi connectivity index (χ0n) is 14.6. The van der Waals surface area contributed by atoms with Crippen LogP contribution < -0.4 is 20.1 Å². The maximum Gasteiger partial charge on any atom is 0.315 e. The Morgan fingerprint density at radius 3 is 2.63 bits per heavy atom. The van der Waals surface area contributed by atoms with Gasteiger partial charge in [-0.05, 0) is 24.6 Å². The molecular weight excluding hydrogens is 354 g/mol. The lowest BCUT2D eigenvalue weighted by Crippen LogP contribution is -2.37. The zero-order valence-corrected chi connectivity index (χ0v) is 14.6. The molecule has 142 valence electrons. The normalized spacial score (nSPS) is 20.5. The fourth-order valence-corrected chi connectivity index (χ4v) is 3.33. The highest BCUT2D eigenvalue weighted by Crippen LogP contribution is 2.43. The van der Waals surface area contributed by atoms with Gasteiger partial charge in [0.15, 0.2) is 11.5 Å². The van der Waals surface area contributed by atoms with Crippen LogP contribution in [0, 0.1) is 11.6 Å². The summed E-state index contributed by atoms with van der Waals surface area (Å²) in [7, 11) is 0. The summed E-state index contributed by atoms with van der Waals surface area (Å²) in [6.45, 7) is 1.43. The first-order chi connectivity index (χ1) is 13.1. The van der Waals surface area contributed by atoms with E-state index in [4.69, 9.17) is 9.47 Å². The molecule has 4 rings (SSSR count). The molecule has 2 aromatic rings. The van der Waals surface area contributed by atoms with E-state index in [1.807, 2.05) is 18.2 Å². The summed E-state index contributed by atoms with van der Waals surface area (Å²) >= 11 is 0. The van der Waals surface area contributed by atoms with E-state index in [1.54, 1.807) is 0 Å². The second kappa shape index (κ2) is 7.42. The van der Waals surface area contributed by atoms with Crippen molar-refractivity contribution in [2.45, 2.75) is 31.3 Å². The van der Waals surface area contributed by atoms with E-state index in [0.29, 0.717) is 31.1 Å². The van der Waals surface area contributed by atoms with Gasteiger partial charge in [0.05, 0.1) is 13.2 Å². The zero-order chi connectivity index (χ0) is 18.8. The van der Waals surface area contributed by atoms with Crippen molar-refractivity contribution in [1.82, 2.24) is 10.6 Å². The molecule has 2 aliphatic rings. The molecule has 0 saturated heterocycles. The first-order valence-corrected chi connectivity index (χ1v) is 8.99. The van der Waals surface area contributed by atoms with Gasteiger partial charge in [-0.15, -0.1) is 0 Å². The fraction of sp³-hybridized carbons (Fsp3) is 0.350. The summed E-state index contributed by atoms with van der Waals surface area (Å²) in [4.78, 5) is 12.2. The molecule has 0 spiro atoms. The van der Waals surface area contributed by atoms with Crippen LogP contribution in [0.2, 0.25) is 0 Å². The number of rotatable bonds is 4. The molecule has 5 nitrogen and oxygen atoms in total. The lowest BCUT2D eigenvalue weighted by Gasteiger charge is -2.13. The number of amides is 2. The number of ether oxygens (including phenoxy) is 2. The van der Waals surface area contributed by atoms with Gasteiger partial charge in [-0.3, -0.25) is 0 Å². The number of hydrogen-bond donors (Lipinski definition) is 2. The molecule has 7 heteroatoms. The van der Waals surface area contributed by atoms with Crippen LogP contribution in [0.4, 0.5) is 13.6 Å². The van der Waals surface area contributed by atoms with Crippen LogP contribution >= 0.6 is 0 Å². The van der Waals surface area contributed by atoms with Crippen molar-refractivity contribution in [2.75, 3.05) is 13.2 Å². The SMILES string of the molecule is O=C(NCc1cccc2c1OCCCO2)N[C@@H]1C[C@H]1c1c(F)cccc1F. The van der Waals surface area contributed by atoms with Crippen LogP contribution in [-0.4, -0.2) is 25.3 Å². The van der Waals surface area contributed by atoms with Gasteiger partial charge < -0.3 is 20.1 Å². The number of nitrogens with one attached hydrogen (secondary N) is 2. The minimum absolute atomic E-state index is 0.0433. The van der Waals surface area contributed by atoms with Gasteiger partial charge in [0.2, 0.25) is 0 Å². The molecule has 2 aromatic carbocycles. The number of hydrogen-bond acceptors (Lipinski definition) is 3. The molecule has 1 saturated carbocycles. The van der Waals surface area contributed by atoms with Gasteiger partial charge in [-0.1, -0.05) is 18.2 Å². The van der Waals surface area contributed by atoms with E-state index in [2.05, 4.69) is 10.6 Å². The van der Waals surface area contributed by atoms with Gasteiger partial charge in [0, 0.05) is 36.1 Å². The Bertz CT molecular complexity index is 839. The first-order valence-electron chi connectivity index (χ1n) is 8.99. The minimum Gasteiger partial charge on any atom is -0.490 e. The Morgan fingerprint density at radius 2 is 1.81 bits per heavy atom.